The Labute approximate surface area is 302 Å². The average molecular weight is 642 g/mol. The molecule has 5 aromatic rings. The van der Waals surface area contributed by atoms with Gasteiger partial charge in [0.2, 0.25) is 0 Å². The summed E-state index contributed by atoms with van der Waals surface area (Å²) >= 11 is 0. The smallest absolute Gasteiger partial charge is 0.872 e. The van der Waals surface area contributed by atoms with Crippen LogP contribution < -0.4 is 69.3 Å². The Kier molecular flexibility index (Phi) is 12.0. The van der Waals surface area contributed by atoms with E-state index in [4.69, 9.17) is 9.66 Å². The summed E-state index contributed by atoms with van der Waals surface area (Å²) in [5, 5.41) is 50.1. The first kappa shape index (κ1) is 35.8. The van der Waals surface area contributed by atoms with Crippen molar-refractivity contribution in [3.63, 3.8) is 0 Å². The summed E-state index contributed by atoms with van der Waals surface area (Å²) in [4.78, 5) is 10.9. The normalized spacial score (nSPS) is 11.3. The molecule has 2 N–H and O–H groups in total. The maximum Gasteiger partial charge on any atom is 1.00 e. The van der Waals surface area contributed by atoms with Crippen LogP contribution >= 0.6 is 0 Å². The molecule has 0 saturated heterocycles. The van der Waals surface area contributed by atoms with E-state index in [1.165, 1.54) is 41.0 Å². The minimum atomic E-state index is -4.35. The van der Waals surface area contributed by atoms with E-state index in [0.29, 0.717) is 22.6 Å². The Morgan fingerprint density at radius 1 is 0.733 bits per heavy atom. The summed E-state index contributed by atoms with van der Waals surface area (Å²) in [5.41, 5.74) is 3.82. The molecule has 45 heavy (non-hydrogen) atoms. The Morgan fingerprint density at radius 2 is 1.22 bits per heavy atom. The predicted octanol–water partition coefficient (Wildman–Crippen LogP) is 0.384. The van der Waals surface area contributed by atoms with Gasteiger partial charge in [-0.3, -0.25) is 4.55 Å². The van der Waals surface area contributed by atoms with E-state index in [2.05, 4.69) is 20.5 Å². The van der Waals surface area contributed by atoms with Crippen LogP contribution in [0.25, 0.3) is 16.8 Å². The molecule has 1 aromatic heterocycles. The number of aromatic nitrogens is 1. The van der Waals surface area contributed by atoms with Crippen molar-refractivity contribution in [2.45, 2.75) is 11.8 Å². The van der Waals surface area contributed by atoms with Gasteiger partial charge in [-0.1, -0.05) is 36.1 Å². The minimum absolute atomic E-state index is 0. The predicted molar refractivity (Wildman–Crippen MR) is 153 cm³/mol. The van der Waals surface area contributed by atoms with E-state index >= 15 is 0 Å². The van der Waals surface area contributed by atoms with Crippen molar-refractivity contribution in [2.24, 2.45) is 20.5 Å². The third kappa shape index (κ3) is 8.54. The number of carboxylic acids is 1. The molecule has 0 fully saturated rings. The first-order chi connectivity index (χ1) is 20.5. The SMILES string of the molecule is Cc1cn(-c2ccc(S(=O)(=O)O)cc2)c([O-])c1N=Nc1ccc(-c2ccc(N=Nc3ccc([O-])c(C(=O)O)c3)cc2)cc1.[Na+].[Na+]. The van der Waals surface area contributed by atoms with Crippen LogP contribution in [-0.2, 0) is 10.1 Å². The molecule has 0 atom stereocenters. The Bertz CT molecular complexity index is 1990. The second-order valence-electron chi connectivity index (χ2n) is 9.28. The molecule has 0 aliphatic rings. The van der Waals surface area contributed by atoms with Crippen LogP contribution in [0.4, 0.5) is 22.7 Å². The molecule has 0 amide bonds. The molecule has 5 rings (SSSR count). The Balaban J connectivity index is 0.00000276. The zero-order chi connectivity index (χ0) is 30.7. The molecule has 0 unspecified atom stereocenters. The van der Waals surface area contributed by atoms with E-state index in [0.717, 1.165) is 17.2 Å². The summed E-state index contributed by atoms with van der Waals surface area (Å²) in [5.74, 6) is -2.36. The van der Waals surface area contributed by atoms with E-state index < -0.39 is 27.7 Å². The number of carboxylic acid groups (broad SMARTS) is 1. The van der Waals surface area contributed by atoms with Gasteiger partial charge in [-0.25, -0.2) is 4.79 Å². The molecule has 0 spiro atoms. The molecule has 0 aliphatic heterocycles. The van der Waals surface area contributed by atoms with Crippen molar-refractivity contribution >= 4 is 38.8 Å². The van der Waals surface area contributed by atoms with Crippen molar-refractivity contribution in [2.75, 3.05) is 0 Å². The largest absolute Gasteiger partial charge is 1.00 e. The average Bonchev–Trinajstić information content (AvgIpc) is 3.28. The summed E-state index contributed by atoms with van der Waals surface area (Å²) in [6.45, 7) is 1.71. The summed E-state index contributed by atoms with van der Waals surface area (Å²) < 4.78 is 33.0. The molecule has 0 saturated carbocycles. The number of rotatable bonds is 8. The molecule has 12 nitrogen and oxygen atoms in total. The number of azo groups is 2. The van der Waals surface area contributed by atoms with Crippen LogP contribution in [0.15, 0.2) is 123 Å². The number of hydrogen-bond acceptors (Lipinski definition) is 9. The first-order valence-corrected chi connectivity index (χ1v) is 14.0. The van der Waals surface area contributed by atoms with Gasteiger partial charge in [0.25, 0.3) is 10.1 Å². The topological polar surface area (TPSA) is 192 Å². The molecule has 0 aliphatic carbocycles. The van der Waals surface area contributed by atoms with Crippen LogP contribution in [-0.4, -0.2) is 28.6 Å². The fraction of sp³-hybridized carbons (Fsp3) is 0.0333. The molecule has 0 bridgehead atoms. The fourth-order valence-corrected chi connectivity index (χ4v) is 4.58. The van der Waals surface area contributed by atoms with Crippen molar-refractivity contribution in [1.82, 2.24) is 4.57 Å². The van der Waals surface area contributed by atoms with Crippen LogP contribution in [0, 0.1) is 6.92 Å². The van der Waals surface area contributed by atoms with Crippen molar-refractivity contribution in [1.29, 1.82) is 0 Å². The molecular weight excluding hydrogens is 620 g/mol. The number of benzene rings is 4. The molecular formula is C30H21N5Na2O7S. The third-order valence-corrected chi connectivity index (χ3v) is 7.21. The second-order valence-corrected chi connectivity index (χ2v) is 10.7. The van der Waals surface area contributed by atoms with Gasteiger partial charge in [-0.2, -0.15) is 23.8 Å². The summed E-state index contributed by atoms with van der Waals surface area (Å²) in [7, 11) is -4.35. The quantitative estimate of drug-likeness (QED) is 0.139. The van der Waals surface area contributed by atoms with E-state index in [1.54, 1.807) is 37.4 Å². The molecule has 0 radical (unpaired) electrons. The summed E-state index contributed by atoms with van der Waals surface area (Å²) in [6, 6.07) is 23.3. The van der Waals surface area contributed by atoms with E-state index in [9.17, 15) is 23.4 Å². The second kappa shape index (κ2) is 15.1. The number of hydrogen-bond donors (Lipinski definition) is 2. The number of aryl methyl sites for hydroxylation is 1. The number of carbonyl (C=O) groups is 1. The molecule has 15 heteroatoms. The number of aromatic carboxylic acids is 1. The van der Waals surface area contributed by atoms with E-state index in [1.807, 2.05) is 24.3 Å². The Morgan fingerprint density at radius 3 is 1.73 bits per heavy atom. The summed E-state index contributed by atoms with van der Waals surface area (Å²) in [6.07, 6.45) is 1.57. The van der Waals surface area contributed by atoms with Crippen LogP contribution in [0.5, 0.6) is 11.6 Å². The van der Waals surface area contributed by atoms with Gasteiger partial charge in [0.15, 0.2) is 0 Å². The van der Waals surface area contributed by atoms with Gasteiger partial charge < -0.3 is 19.9 Å². The van der Waals surface area contributed by atoms with Gasteiger partial charge in [-0.15, -0.1) is 5.11 Å². The van der Waals surface area contributed by atoms with Gasteiger partial charge in [0, 0.05) is 11.9 Å². The maximum absolute atomic E-state index is 12.9. The van der Waals surface area contributed by atoms with Crippen LogP contribution in [0.2, 0.25) is 0 Å². The van der Waals surface area contributed by atoms with Crippen LogP contribution in [0.1, 0.15) is 15.9 Å². The van der Waals surface area contributed by atoms with Crippen molar-refractivity contribution in [3.8, 4) is 28.4 Å². The Hall–Kier alpha value is -3.66. The van der Waals surface area contributed by atoms with Crippen molar-refractivity contribution < 1.29 is 92.2 Å². The molecule has 216 valence electrons. The van der Waals surface area contributed by atoms with Crippen LogP contribution in [0.3, 0.4) is 0 Å². The van der Waals surface area contributed by atoms with E-state index in [-0.39, 0.29) is 80.9 Å². The minimum Gasteiger partial charge on any atom is -0.872 e. The zero-order valence-corrected chi connectivity index (χ0v) is 29.1. The monoisotopic (exact) mass is 641 g/mol. The van der Waals surface area contributed by atoms with Gasteiger partial charge in [-0.05, 0) is 90.2 Å². The first-order valence-electron chi connectivity index (χ1n) is 12.5. The van der Waals surface area contributed by atoms with Crippen molar-refractivity contribution in [3.05, 3.63) is 108 Å². The standard InChI is InChI=1S/C30H23N5O7S.2Na/c1-18-17-35(24-11-13-25(14-12-24)43(40,41)42)29(37)28(18)34-32-22-8-4-20(5-9-22)19-2-6-21(7-3-19)31-33-23-10-15-27(36)26(16-23)30(38)39;;/h2-17,36-37H,1H3,(H,38,39)(H,40,41,42);;/q;2*+1/p-2. The zero-order valence-electron chi connectivity index (χ0n) is 24.3. The maximum atomic E-state index is 12.9. The molecule has 1 heterocycles. The fourth-order valence-electron chi connectivity index (χ4n) is 4.10. The molecule has 4 aromatic carbocycles. The van der Waals surface area contributed by atoms with Gasteiger partial charge in [0.05, 0.1) is 33.2 Å². The third-order valence-electron chi connectivity index (χ3n) is 6.34. The van der Waals surface area contributed by atoms with Gasteiger partial charge >= 0.3 is 65.1 Å². The van der Waals surface area contributed by atoms with Gasteiger partial charge in [0.1, 0.15) is 0 Å². The number of nitrogens with zero attached hydrogens (tertiary/aromatic N) is 5.